The van der Waals surface area contributed by atoms with Gasteiger partial charge in [-0.3, -0.25) is 9.52 Å². The second-order valence-corrected chi connectivity index (χ2v) is 9.12. The molecule has 3 rings (SSSR count). The van der Waals surface area contributed by atoms with Crippen molar-refractivity contribution in [3.63, 3.8) is 0 Å². The summed E-state index contributed by atoms with van der Waals surface area (Å²) in [6, 6.07) is 5.01. The van der Waals surface area contributed by atoms with Crippen molar-refractivity contribution in [1.82, 2.24) is 0 Å². The van der Waals surface area contributed by atoms with Gasteiger partial charge in [-0.25, -0.2) is 8.42 Å². The van der Waals surface area contributed by atoms with Crippen molar-refractivity contribution in [1.29, 1.82) is 0 Å². The van der Waals surface area contributed by atoms with Crippen molar-refractivity contribution >= 4 is 38.8 Å². The van der Waals surface area contributed by atoms with Crippen LogP contribution in [0, 0.1) is 0 Å². The van der Waals surface area contributed by atoms with Gasteiger partial charge >= 0.3 is 0 Å². The smallest absolute Gasteiger partial charge is 0.235 e. The number of halogens is 1. The number of carbonyl (C=O) groups excluding carboxylic acids is 1. The quantitative estimate of drug-likeness (QED) is 0.788. The van der Waals surface area contributed by atoms with Gasteiger partial charge in [0, 0.05) is 17.7 Å². The van der Waals surface area contributed by atoms with Gasteiger partial charge in [0.25, 0.3) is 0 Å². The standard InChI is InChI=1S/C18H23ClN2O3S/c1-12-16(9-10-18(12)22)20-17-11-13(7-8-15(17)19)21-25(23,24)14-5-3-2-4-6-14/h7-8,11,14,20-21H,2-6,9-10H2,1H3. The number of sulfonamides is 1. The van der Waals surface area contributed by atoms with Crippen molar-refractivity contribution in [2.45, 2.75) is 57.1 Å². The highest BCUT2D eigenvalue weighted by Crippen LogP contribution is 2.32. The van der Waals surface area contributed by atoms with E-state index in [0.29, 0.717) is 47.7 Å². The second kappa shape index (κ2) is 7.38. The van der Waals surface area contributed by atoms with E-state index < -0.39 is 10.0 Å². The van der Waals surface area contributed by atoms with Gasteiger partial charge in [0.15, 0.2) is 5.78 Å². The number of carbonyl (C=O) groups is 1. The molecule has 136 valence electrons. The molecule has 0 aromatic heterocycles. The maximum Gasteiger partial charge on any atom is 0.235 e. The third-order valence-corrected chi connectivity index (χ3v) is 7.17. The Morgan fingerprint density at radius 1 is 1.12 bits per heavy atom. The van der Waals surface area contributed by atoms with Crippen molar-refractivity contribution in [3.05, 3.63) is 34.5 Å². The third-order valence-electron chi connectivity index (χ3n) is 4.98. The summed E-state index contributed by atoms with van der Waals surface area (Å²) < 4.78 is 27.8. The monoisotopic (exact) mass is 382 g/mol. The zero-order chi connectivity index (χ0) is 18.0. The molecule has 1 fully saturated rings. The molecular formula is C18H23ClN2O3S. The Morgan fingerprint density at radius 3 is 2.48 bits per heavy atom. The minimum atomic E-state index is -3.40. The van der Waals surface area contributed by atoms with Gasteiger partial charge in [-0.2, -0.15) is 0 Å². The number of benzene rings is 1. The highest BCUT2D eigenvalue weighted by Gasteiger charge is 2.27. The first-order valence-corrected chi connectivity index (χ1v) is 10.6. The van der Waals surface area contributed by atoms with Crippen molar-refractivity contribution in [2.75, 3.05) is 10.0 Å². The van der Waals surface area contributed by atoms with Crippen LogP contribution in [0.2, 0.25) is 5.02 Å². The van der Waals surface area contributed by atoms with Crippen LogP contribution in [0.15, 0.2) is 29.5 Å². The summed E-state index contributed by atoms with van der Waals surface area (Å²) in [6.45, 7) is 1.79. The van der Waals surface area contributed by atoms with Crippen molar-refractivity contribution < 1.29 is 13.2 Å². The number of anilines is 2. The molecule has 2 aliphatic rings. The largest absolute Gasteiger partial charge is 0.357 e. The molecule has 5 nitrogen and oxygen atoms in total. The summed E-state index contributed by atoms with van der Waals surface area (Å²) in [7, 11) is -3.40. The molecule has 0 spiro atoms. The predicted molar refractivity (Wildman–Crippen MR) is 101 cm³/mol. The fraction of sp³-hybridized carbons (Fsp3) is 0.500. The summed E-state index contributed by atoms with van der Waals surface area (Å²) in [5.41, 5.74) is 2.65. The van der Waals surface area contributed by atoms with E-state index in [2.05, 4.69) is 10.0 Å². The molecule has 0 atom stereocenters. The van der Waals surface area contributed by atoms with E-state index in [4.69, 9.17) is 11.6 Å². The molecule has 0 radical (unpaired) electrons. The lowest BCUT2D eigenvalue weighted by atomic mass is 10.0. The second-order valence-electron chi connectivity index (χ2n) is 6.75. The highest BCUT2D eigenvalue weighted by atomic mass is 35.5. The average molecular weight is 383 g/mol. The highest BCUT2D eigenvalue weighted by molar-refractivity contribution is 7.93. The van der Waals surface area contributed by atoms with Crippen LogP contribution in [0.1, 0.15) is 51.9 Å². The van der Waals surface area contributed by atoms with Crippen LogP contribution in [-0.4, -0.2) is 19.5 Å². The van der Waals surface area contributed by atoms with Crippen LogP contribution in [0.25, 0.3) is 0 Å². The molecule has 0 bridgehead atoms. The average Bonchev–Trinajstić information content (AvgIpc) is 2.90. The lowest BCUT2D eigenvalue weighted by Gasteiger charge is -2.22. The molecule has 7 heteroatoms. The molecule has 0 aliphatic heterocycles. The van der Waals surface area contributed by atoms with Crippen LogP contribution in [-0.2, 0) is 14.8 Å². The Bertz CT molecular complexity index is 812. The molecule has 0 saturated heterocycles. The molecule has 0 amide bonds. The van der Waals surface area contributed by atoms with E-state index in [1.807, 2.05) is 0 Å². The van der Waals surface area contributed by atoms with E-state index in [1.165, 1.54) is 0 Å². The zero-order valence-corrected chi connectivity index (χ0v) is 15.8. The Morgan fingerprint density at radius 2 is 1.84 bits per heavy atom. The SMILES string of the molecule is CC1=C(Nc2cc(NS(=O)(=O)C3CCCCC3)ccc2Cl)CCC1=O. The maximum atomic E-state index is 12.6. The fourth-order valence-corrected chi connectivity index (χ4v) is 5.15. The topological polar surface area (TPSA) is 75.3 Å². The number of hydrogen-bond donors (Lipinski definition) is 2. The Balaban J connectivity index is 1.78. The molecule has 1 saturated carbocycles. The van der Waals surface area contributed by atoms with Gasteiger partial charge < -0.3 is 5.32 Å². The summed E-state index contributed by atoms with van der Waals surface area (Å²) in [4.78, 5) is 11.7. The molecule has 25 heavy (non-hydrogen) atoms. The van der Waals surface area contributed by atoms with E-state index in [9.17, 15) is 13.2 Å². The zero-order valence-electron chi connectivity index (χ0n) is 14.3. The van der Waals surface area contributed by atoms with Crippen LogP contribution >= 0.6 is 11.6 Å². The number of allylic oxidation sites excluding steroid dienone is 2. The van der Waals surface area contributed by atoms with E-state index in [0.717, 1.165) is 25.0 Å². The van der Waals surface area contributed by atoms with Gasteiger partial charge in [0.1, 0.15) is 0 Å². The van der Waals surface area contributed by atoms with Gasteiger partial charge in [0.2, 0.25) is 10.0 Å². The fourth-order valence-electron chi connectivity index (χ4n) is 3.41. The molecule has 0 unspecified atom stereocenters. The number of ketones is 1. The molecule has 1 aromatic carbocycles. The number of rotatable bonds is 5. The molecular weight excluding hydrogens is 360 g/mol. The van der Waals surface area contributed by atoms with Crippen molar-refractivity contribution in [2.24, 2.45) is 0 Å². The number of nitrogens with one attached hydrogen (secondary N) is 2. The van der Waals surface area contributed by atoms with Crippen LogP contribution in [0.3, 0.4) is 0 Å². The Kier molecular flexibility index (Phi) is 5.39. The van der Waals surface area contributed by atoms with Crippen molar-refractivity contribution in [3.8, 4) is 0 Å². The first-order chi connectivity index (χ1) is 11.9. The van der Waals surface area contributed by atoms with Crippen LogP contribution in [0.5, 0.6) is 0 Å². The summed E-state index contributed by atoms with van der Waals surface area (Å²) >= 11 is 6.23. The summed E-state index contributed by atoms with van der Waals surface area (Å²) in [5, 5.41) is 3.35. The van der Waals surface area contributed by atoms with Crippen LogP contribution in [0.4, 0.5) is 11.4 Å². The molecule has 2 aliphatic carbocycles. The lowest BCUT2D eigenvalue weighted by molar-refractivity contribution is -0.114. The molecule has 2 N–H and O–H groups in total. The maximum absolute atomic E-state index is 12.6. The first-order valence-electron chi connectivity index (χ1n) is 8.68. The molecule has 0 heterocycles. The van der Waals surface area contributed by atoms with Gasteiger partial charge in [-0.05, 0) is 44.4 Å². The first kappa shape index (κ1) is 18.3. The minimum Gasteiger partial charge on any atom is -0.357 e. The number of Topliss-reactive ketones (excluding diaryl/α,β-unsaturated/α-hetero) is 1. The van der Waals surface area contributed by atoms with E-state index >= 15 is 0 Å². The van der Waals surface area contributed by atoms with Gasteiger partial charge in [0.05, 0.1) is 21.6 Å². The predicted octanol–water partition coefficient (Wildman–Crippen LogP) is 4.46. The van der Waals surface area contributed by atoms with Crippen LogP contribution < -0.4 is 10.0 Å². The third kappa shape index (κ3) is 4.18. The minimum absolute atomic E-state index is 0.132. The summed E-state index contributed by atoms with van der Waals surface area (Å²) in [5.74, 6) is 0.132. The normalized spacial score (nSPS) is 19.4. The van der Waals surface area contributed by atoms with Gasteiger partial charge in [-0.1, -0.05) is 30.9 Å². The van der Waals surface area contributed by atoms with E-state index in [-0.39, 0.29) is 11.0 Å². The van der Waals surface area contributed by atoms with Gasteiger partial charge in [-0.15, -0.1) is 0 Å². The Labute approximate surface area is 153 Å². The molecule has 1 aromatic rings. The number of hydrogen-bond acceptors (Lipinski definition) is 4. The lowest BCUT2D eigenvalue weighted by Crippen LogP contribution is -2.29. The Hall–Kier alpha value is -1.53. The van der Waals surface area contributed by atoms with E-state index in [1.54, 1.807) is 25.1 Å². The summed E-state index contributed by atoms with van der Waals surface area (Å²) in [6.07, 6.45) is 5.60.